The SMILES string of the molecule is CCCCCCCCCCCCCCCCCCC(Cc1ccccc1)C(CCC)n1ccnc1. The van der Waals surface area contributed by atoms with Crippen molar-refractivity contribution in [1.82, 2.24) is 9.55 Å². The Balaban J connectivity index is 1.57. The van der Waals surface area contributed by atoms with Gasteiger partial charge in [0.25, 0.3) is 0 Å². The van der Waals surface area contributed by atoms with Gasteiger partial charge < -0.3 is 4.57 Å². The van der Waals surface area contributed by atoms with E-state index in [4.69, 9.17) is 0 Å². The van der Waals surface area contributed by atoms with E-state index in [-0.39, 0.29) is 0 Å². The van der Waals surface area contributed by atoms with Crippen LogP contribution in [0.3, 0.4) is 0 Å². The number of hydrogen-bond acceptors (Lipinski definition) is 1. The molecule has 0 aliphatic heterocycles. The highest BCUT2D eigenvalue weighted by atomic mass is 15.1. The van der Waals surface area contributed by atoms with Crippen LogP contribution in [0.2, 0.25) is 0 Å². The monoisotopic (exact) mass is 480 g/mol. The molecule has 2 unspecified atom stereocenters. The lowest BCUT2D eigenvalue weighted by Crippen LogP contribution is -2.21. The molecule has 2 aromatic rings. The second kappa shape index (κ2) is 20.6. The predicted octanol–water partition coefficient (Wildman–Crippen LogP) is 10.7. The summed E-state index contributed by atoms with van der Waals surface area (Å²) in [5.74, 6) is 0.693. The lowest BCUT2D eigenvalue weighted by Gasteiger charge is -2.28. The smallest absolute Gasteiger partial charge is 0.0948 e. The van der Waals surface area contributed by atoms with Crippen molar-refractivity contribution in [2.45, 2.75) is 148 Å². The number of hydrogen-bond donors (Lipinski definition) is 0. The van der Waals surface area contributed by atoms with Crippen molar-refractivity contribution in [3.8, 4) is 0 Å². The average molecular weight is 481 g/mol. The van der Waals surface area contributed by atoms with Crippen LogP contribution in [0.25, 0.3) is 0 Å². The van der Waals surface area contributed by atoms with Crippen molar-refractivity contribution in [2.24, 2.45) is 5.92 Å². The summed E-state index contributed by atoms with van der Waals surface area (Å²) >= 11 is 0. The summed E-state index contributed by atoms with van der Waals surface area (Å²) < 4.78 is 2.38. The number of rotatable bonds is 23. The first-order valence-corrected chi connectivity index (χ1v) is 15.4. The standard InChI is InChI=1S/C33H56N2/c1-3-5-6-7-8-9-10-11-12-13-14-15-16-17-18-22-26-32(29-31-24-20-19-21-25-31)33(23-4-2)35-28-27-34-30-35/h19-21,24-25,27-28,30,32-33H,3-18,22-23,26,29H2,1-2H3. The molecule has 0 radical (unpaired) electrons. The van der Waals surface area contributed by atoms with E-state index in [1.165, 1.54) is 134 Å². The minimum absolute atomic E-state index is 0.569. The summed E-state index contributed by atoms with van der Waals surface area (Å²) in [4.78, 5) is 4.36. The maximum Gasteiger partial charge on any atom is 0.0948 e. The van der Waals surface area contributed by atoms with Crippen LogP contribution in [0.4, 0.5) is 0 Å². The summed E-state index contributed by atoms with van der Waals surface area (Å²) in [5, 5.41) is 0. The Kier molecular flexibility index (Phi) is 17.5. The lowest BCUT2D eigenvalue weighted by molar-refractivity contribution is 0.280. The van der Waals surface area contributed by atoms with Crippen LogP contribution in [0.15, 0.2) is 49.1 Å². The van der Waals surface area contributed by atoms with Gasteiger partial charge in [-0.15, -0.1) is 0 Å². The maximum atomic E-state index is 4.36. The topological polar surface area (TPSA) is 17.8 Å². The van der Waals surface area contributed by atoms with Crippen molar-refractivity contribution in [3.63, 3.8) is 0 Å². The van der Waals surface area contributed by atoms with Crippen LogP contribution < -0.4 is 0 Å². The van der Waals surface area contributed by atoms with Crippen molar-refractivity contribution in [1.29, 1.82) is 0 Å². The summed E-state index contributed by atoms with van der Waals surface area (Å²) in [6.07, 6.45) is 34.1. The summed E-state index contributed by atoms with van der Waals surface area (Å²) in [6.45, 7) is 4.62. The Morgan fingerprint density at radius 3 is 1.66 bits per heavy atom. The number of nitrogens with zero attached hydrogens (tertiary/aromatic N) is 2. The first kappa shape index (κ1) is 29.7. The molecule has 0 spiro atoms. The van der Waals surface area contributed by atoms with Crippen LogP contribution >= 0.6 is 0 Å². The zero-order chi connectivity index (χ0) is 24.8. The molecule has 2 heteroatoms. The van der Waals surface area contributed by atoms with Crippen LogP contribution in [0.1, 0.15) is 147 Å². The molecule has 2 nitrogen and oxygen atoms in total. The third-order valence-electron chi connectivity index (χ3n) is 7.81. The largest absolute Gasteiger partial charge is 0.334 e. The van der Waals surface area contributed by atoms with Gasteiger partial charge in [0, 0.05) is 18.4 Å². The number of benzene rings is 1. The van der Waals surface area contributed by atoms with Crippen molar-refractivity contribution in [2.75, 3.05) is 0 Å². The molecule has 0 amide bonds. The maximum absolute atomic E-state index is 4.36. The highest BCUT2D eigenvalue weighted by Crippen LogP contribution is 2.31. The minimum atomic E-state index is 0.569. The number of unbranched alkanes of at least 4 members (excludes halogenated alkanes) is 15. The van der Waals surface area contributed by atoms with Crippen molar-refractivity contribution in [3.05, 3.63) is 54.6 Å². The van der Waals surface area contributed by atoms with Crippen LogP contribution in [0, 0.1) is 5.92 Å². The Bertz CT molecular complexity index is 678. The zero-order valence-electron chi connectivity index (χ0n) is 23.3. The third-order valence-corrected chi connectivity index (χ3v) is 7.81. The van der Waals surface area contributed by atoms with Gasteiger partial charge in [0.1, 0.15) is 0 Å². The highest BCUT2D eigenvalue weighted by molar-refractivity contribution is 5.15. The molecule has 2 atom stereocenters. The Hall–Kier alpha value is -1.57. The fourth-order valence-corrected chi connectivity index (χ4v) is 5.69. The van der Waals surface area contributed by atoms with Gasteiger partial charge in [0.2, 0.25) is 0 Å². The second-order valence-corrected chi connectivity index (χ2v) is 10.9. The van der Waals surface area contributed by atoms with E-state index in [0.29, 0.717) is 12.0 Å². The van der Waals surface area contributed by atoms with E-state index in [0.717, 1.165) is 0 Å². The van der Waals surface area contributed by atoms with Gasteiger partial charge in [-0.25, -0.2) is 4.98 Å². The molecule has 0 fully saturated rings. The third kappa shape index (κ3) is 13.9. The van der Waals surface area contributed by atoms with Crippen LogP contribution in [-0.4, -0.2) is 9.55 Å². The summed E-state index contributed by atoms with van der Waals surface area (Å²) in [7, 11) is 0. The molecule has 0 N–H and O–H groups in total. The first-order valence-electron chi connectivity index (χ1n) is 15.4. The molecule has 0 saturated carbocycles. The first-order chi connectivity index (χ1) is 17.3. The number of imidazole rings is 1. The molecular weight excluding hydrogens is 424 g/mol. The Morgan fingerprint density at radius 2 is 1.17 bits per heavy atom. The second-order valence-electron chi connectivity index (χ2n) is 10.9. The molecule has 0 bridgehead atoms. The lowest BCUT2D eigenvalue weighted by atomic mass is 9.85. The minimum Gasteiger partial charge on any atom is -0.334 e. The summed E-state index contributed by atoms with van der Waals surface area (Å²) in [6, 6.07) is 11.7. The Labute approximate surface area is 218 Å². The van der Waals surface area contributed by atoms with Gasteiger partial charge in [-0.1, -0.05) is 153 Å². The Morgan fingerprint density at radius 1 is 0.629 bits per heavy atom. The normalized spacial score (nSPS) is 13.2. The molecule has 2 rings (SSSR count). The molecule has 0 saturated heterocycles. The quantitative estimate of drug-likeness (QED) is 0.145. The fraction of sp³-hybridized carbons (Fsp3) is 0.727. The molecule has 1 aromatic heterocycles. The van der Waals surface area contributed by atoms with E-state index >= 15 is 0 Å². The zero-order valence-corrected chi connectivity index (χ0v) is 23.3. The molecule has 0 aliphatic carbocycles. The average Bonchev–Trinajstić information content (AvgIpc) is 3.42. The van der Waals surface area contributed by atoms with Gasteiger partial charge in [-0.2, -0.15) is 0 Å². The van der Waals surface area contributed by atoms with Gasteiger partial charge >= 0.3 is 0 Å². The van der Waals surface area contributed by atoms with Crippen LogP contribution in [-0.2, 0) is 6.42 Å². The van der Waals surface area contributed by atoms with E-state index in [1.807, 2.05) is 12.5 Å². The molecule has 1 heterocycles. The van der Waals surface area contributed by atoms with E-state index in [9.17, 15) is 0 Å². The van der Waals surface area contributed by atoms with Gasteiger partial charge in [-0.05, 0) is 30.7 Å². The van der Waals surface area contributed by atoms with Gasteiger partial charge in [0.15, 0.2) is 0 Å². The van der Waals surface area contributed by atoms with E-state index in [1.54, 1.807) is 0 Å². The van der Waals surface area contributed by atoms with E-state index < -0.39 is 0 Å². The number of aromatic nitrogens is 2. The molecule has 198 valence electrons. The summed E-state index contributed by atoms with van der Waals surface area (Å²) in [5.41, 5.74) is 1.48. The van der Waals surface area contributed by atoms with Gasteiger partial charge in [0.05, 0.1) is 6.33 Å². The van der Waals surface area contributed by atoms with E-state index in [2.05, 4.69) is 59.9 Å². The molecular formula is C33H56N2. The fourth-order valence-electron chi connectivity index (χ4n) is 5.69. The molecule has 35 heavy (non-hydrogen) atoms. The molecule has 1 aromatic carbocycles. The predicted molar refractivity (Wildman–Crippen MR) is 154 cm³/mol. The van der Waals surface area contributed by atoms with Crippen molar-refractivity contribution >= 4 is 0 Å². The van der Waals surface area contributed by atoms with Gasteiger partial charge in [-0.3, -0.25) is 0 Å². The highest BCUT2D eigenvalue weighted by Gasteiger charge is 2.22. The molecule has 0 aliphatic rings. The van der Waals surface area contributed by atoms with Crippen LogP contribution in [0.5, 0.6) is 0 Å². The van der Waals surface area contributed by atoms with Crippen molar-refractivity contribution < 1.29 is 0 Å².